The predicted octanol–water partition coefficient (Wildman–Crippen LogP) is 1.44. The largest absolute Gasteiger partial charge is 0.253 e. The normalized spacial score (nSPS) is 11.6. The molecule has 0 aromatic carbocycles. The van der Waals surface area contributed by atoms with Crippen LogP contribution in [0.5, 0.6) is 0 Å². The Kier molecular flexibility index (Phi) is 6.96. The van der Waals surface area contributed by atoms with Gasteiger partial charge in [-0.3, -0.25) is 9.97 Å². The van der Waals surface area contributed by atoms with E-state index in [0.29, 0.717) is 0 Å². The summed E-state index contributed by atoms with van der Waals surface area (Å²) in [6.07, 6.45) is 10.3. The Morgan fingerprint density at radius 2 is 1.29 bits per heavy atom. The molecule has 0 aliphatic carbocycles. The summed E-state index contributed by atoms with van der Waals surface area (Å²) >= 11 is 0. The lowest BCUT2D eigenvalue weighted by atomic mass is 10.4. The zero-order chi connectivity index (χ0) is 10.8. The molecule has 2 heteroatoms. The van der Waals surface area contributed by atoms with Crippen molar-refractivity contribution in [3.05, 3.63) is 48.4 Å². The number of nitrogens with zero attached hydrogens (tertiary/aromatic N) is 2. The third-order valence-corrected chi connectivity index (χ3v) is 1.31. The van der Waals surface area contributed by atoms with Crippen LogP contribution in [0.3, 0.4) is 0 Å². The van der Waals surface area contributed by atoms with Crippen LogP contribution in [0.1, 0.15) is 13.8 Å². The van der Waals surface area contributed by atoms with Gasteiger partial charge in [0.05, 0.1) is 10.7 Å². The van der Waals surface area contributed by atoms with Crippen LogP contribution in [-0.2, 0) is 0 Å². The van der Waals surface area contributed by atoms with E-state index >= 15 is 0 Å². The van der Waals surface area contributed by atoms with Crippen molar-refractivity contribution in [3.63, 3.8) is 0 Å². The molecule has 0 unspecified atom stereocenters. The lowest BCUT2D eigenvalue weighted by Gasteiger charge is -1.85. The second-order valence-corrected chi connectivity index (χ2v) is 2.13. The van der Waals surface area contributed by atoms with E-state index in [-0.39, 0.29) is 0 Å². The van der Waals surface area contributed by atoms with Gasteiger partial charge in [-0.1, -0.05) is 39.2 Å². The topological polar surface area (TPSA) is 25.8 Å². The van der Waals surface area contributed by atoms with Gasteiger partial charge in [0.15, 0.2) is 0 Å². The Balaban J connectivity index is 0.000000791. The fraction of sp³-hybridized carbons (Fsp3) is 0.167. The maximum atomic E-state index is 4.12. The van der Waals surface area contributed by atoms with Crippen molar-refractivity contribution in [1.29, 1.82) is 0 Å². The average molecular weight is 188 g/mol. The maximum absolute atomic E-state index is 4.12. The van der Waals surface area contributed by atoms with E-state index in [9.17, 15) is 0 Å². The second kappa shape index (κ2) is 7.92. The first kappa shape index (κ1) is 12.3. The summed E-state index contributed by atoms with van der Waals surface area (Å²) in [4.78, 5) is 8.24. The van der Waals surface area contributed by atoms with Gasteiger partial charge >= 0.3 is 0 Å². The Morgan fingerprint density at radius 3 is 1.57 bits per heavy atom. The summed E-state index contributed by atoms with van der Waals surface area (Å²) in [5.41, 5.74) is 0. The van der Waals surface area contributed by atoms with Crippen LogP contribution in [0.4, 0.5) is 0 Å². The predicted molar refractivity (Wildman–Crippen MR) is 62.0 cm³/mol. The van der Waals surface area contributed by atoms with Gasteiger partial charge in [-0.15, -0.1) is 0 Å². The molecule has 1 aromatic heterocycles. The highest BCUT2D eigenvalue weighted by Crippen LogP contribution is 1.65. The molecule has 0 spiro atoms. The van der Waals surface area contributed by atoms with Crippen LogP contribution in [0, 0.1) is 0 Å². The van der Waals surface area contributed by atoms with Crippen LogP contribution in [0.2, 0.25) is 0 Å². The first-order chi connectivity index (χ1) is 6.88. The lowest BCUT2D eigenvalue weighted by Crippen LogP contribution is -2.30. The van der Waals surface area contributed by atoms with E-state index < -0.39 is 0 Å². The standard InChI is InChI=1S/C10H10N2.C2H6/c1-3-5-9-10(6-4-2)12-8-7-11-9;1-2/h3-8H,1-2H2;1-2H3/b9-5+,10-6+;. The first-order valence-electron chi connectivity index (χ1n) is 4.61. The Labute approximate surface area is 85.0 Å². The van der Waals surface area contributed by atoms with Crippen molar-refractivity contribution >= 4 is 12.2 Å². The van der Waals surface area contributed by atoms with Gasteiger partial charge in [0.2, 0.25) is 0 Å². The lowest BCUT2D eigenvalue weighted by molar-refractivity contribution is 1.10. The summed E-state index contributed by atoms with van der Waals surface area (Å²) in [5.74, 6) is 0. The summed E-state index contributed by atoms with van der Waals surface area (Å²) < 4.78 is 0. The number of hydrogen-bond acceptors (Lipinski definition) is 2. The maximum Gasteiger partial charge on any atom is 0.0886 e. The highest BCUT2D eigenvalue weighted by molar-refractivity contribution is 5.37. The van der Waals surface area contributed by atoms with Gasteiger partial charge in [-0.2, -0.15) is 0 Å². The molecule has 0 N–H and O–H groups in total. The zero-order valence-corrected chi connectivity index (χ0v) is 8.77. The summed E-state index contributed by atoms with van der Waals surface area (Å²) in [7, 11) is 0. The molecule has 2 nitrogen and oxygen atoms in total. The second-order valence-electron chi connectivity index (χ2n) is 2.13. The van der Waals surface area contributed by atoms with Gasteiger partial charge in [-0.05, 0) is 12.2 Å². The molecular weight excluding hydrogens is 172 g/mol. The molecule has 74 valence electrons. The molecule has 0 amide bonds. The van der Waals surface area contributed by atoms with E-state index in [2.05, 4.69) is 23.1 Å². The van der Waals surface area contributed by atoms with Crippen LogP contribution in [0.15, 0.2) is 37.7 Å². The Morgan fingerprint density at radius 1 is 0.929 bits per heavy atom. The van der Waals surface area contributed by atoms with Gasteiger partial charge < -0.3 is 0 Å². The van der Waals surface area contributed by atoms with Crippen molar-refractivity contribution in [2.24, 2.45) is 0 Å². The molecule has 0 radical (unpaired) electrons. The molecule has 0 aliphatic rings. The van der Waals surface area contributed by atoms with Crippen molar-refractivity contribution in [3.8, 4) is 0 Å². The van der Waals surface area contributed by atoms with Crippen LogP contribution in [0.25, 0.3) is 12.2 Å². The smallest absolute Gasteiger partial charge is 0.0886 e. The molecule has 1 heterocycles. The van der Waals surface area contributed by atoms with Crippen molar-refractivity contribution in [2.75, 3.05) is 0 Å². The highest BCUT2D eigenvalue weighted by Gasteiger charge is 1.81. The van der Waals surface area contributed by atoms with E-state index in [0.717, 1.165) is 10.7 Å². The van der Waals surface area contributed by atoms with E-state index in [1.807, 2.05) is 26.0 Å². The third-order valence-electron chi connectivity index (χ3n) is 1.31. The van der Waals surface area contributed by atoms with Crippen molar-refractivity contribution in [1.82, 2.24) is 9.97 Å². The average Bonchev–Trinajstić information content (AvgIpc) is 2.25. The van der Waals surface area contributed by atoms with Crippen molar-refractivity contribution in [2.45, 2.75) is 13.8 Å². The quantitative estimate of drug-likeness (QED) is 0.701. The minimum absolute atomic E-state index is 0.812. The summed E-state index contributed by atoms with van der Waals surface area (Å²) in [6.45, 7) is 11.2. The Hall–Kier alpha value is -1.70. The molecule has 0 atom stereocenters. The first-order valence-corrected chi connectivity index (χ1v) is 4.61. The van der Waals surface area contributed by atoms with Gasteiger partial charge in [0.1, 0.15) is 0 Å². The summed E-state index contributed by atoms with van der Waals surface area (Å²) in [5, 5.41) is 1.62. The van der Waals surface area contributed by atoms with Crippen LogP contribution in [-0.4, -0.2) is 9.97 Å². The minimum Gasteiger partial charge on any atom is -0.253 e. The Bertz CT molecular complexity index is 352. The minimum atomic E-state index is 0.812. The van der Waals surface area contributed by atoms with Gasteiger partial charge in [-0.25, -0.2) is 0 Å². The van der Waals surface area contributed by atoms with Gasteiger partial charge in [0, 0.05) is 12.4 Å². The van der Waals surface area contributed by atoms with E-state index in [1.54, 1.807) is 24.5 Å². The zero-order valence-electron chi connectivity index (χ0n) is 8.77. The molecule has 0 bridgehead atoms. The molecule has 0 saturated heterocycles. The number of aromatic nitrogens is 2. The molecule has 14 heavy (non-hydrogen) atoms. The molecule has 0 saturated carbocycles. The third kappa shape index (κ3) is 3.81. The fourth-order valence-corrected chi connectivity index (χ4v) is 0.840. The van der Waals surface area contributed by atoms with E-state index in [4.69, 9.17) is 0 Å². The monoisotopic (exact) mass is 188 g/mol. The molecule has 1 aromatic rings. The number of rotatable bonds is 2. The molecule has 0 fully saturated rings. The van der Waals surface area contributed by atoms with Crippen LogP contribution >= 0.6 is 0 Å². The van der Waals surface area contributed by atoms with E-state index in [1.165, 1.54) is 0 Å². The van der Waals surface area contributed by atoms with Gasteiger partial charge in [0.25, 0.3) is 0 Å². The number of hydrogen-bond donors (Lipinski definition) is 0. The van der Waals surface area contributed by atoms with Crippen LogP contribution < -0.4 is 10.7 Å². The molecular formula is C12H16N2. The SMILES string of the molecule is C=C/C=c1/nccn/c1=C/C=C.CC. The fourth-order valence-electron chi connectivity index (χ4n) is 0.840. The summed E-state index contributed by atoms with van der Waals surface area (Å²) in [6, 6.07) is 0. The highest BCUT2D eigenvalue weighted by atomic mass is 14.7. The molecule has 1 rings (SSSR count). The van der Waals surface area contributed by atoms with Crippen molar-refractivity contribution < 1.29 is 0 Å². The molecule has 0 aliphatic heterocycles. The number of allylic oxidation sites excluding steroid dienone is 2.